The summed E-state index contributed by atoms with van der Waals surface area (Å²) in [7, 11) is 0. The molecule has 0 aliphatic carbocycles. The summed E-state index contributed by atoms with van der Waals surface area (Å²) in [4.78, 5) is 0. The van der Waals surface area contributed by atoms with E-state index in [-0.39, 0.29) is 6.61 Å². The van der Waals surface area contributed by atoms with Crippen molar-refractivity contribution in [3.63, 3.8) is 0 Å². The lowest BCUT2D eigenvalue weighted by Crippen LogP contribution is -2.15. The molecule has 1 aromatic rings. The number of aromatic hydroxyl groups is 1. The summed E-state index contributed by atoms with van der Waals surface area (Å²) in [6, 6.07) is 1.90. The summed E-state index contributed by atoms with van der Waals surface area (Å²) in [5.41, 5.74) is 5.77. The van der Waals surface area contributed by atoms with Crippen molar-refractivity contribution in [2.45, 2.75) is 19.4 Å². The summed E-state index contributed by atoms with van der Waals surface area (Å²) < 4.78 is 25.0. The molecule has 0 amide bonds. The summed E-state index contributed by atoms with van der Waals surface area (Å²) >= 11 is 0. The fourth-order valence-electron chi connectivity index (χ4n) is 1.32. The van der Waals surface area contributed by atoms with Crippen LogP contribution in [0.15, 0.2) is 12.1 Å². The second-order valence-corrected chi connectivity index (χ2v) is 3.37. The van der Waals surface area contributed by atoms with Crippen molar-refractivity contribution >= 4 is 0 Å². The molecule has 0 fully saturated rings. The van der Waals surface area contributed by atoms with Gasteiger partial charge in [0.15, 0.2) is 0 Å². The first-order chi connectivity index (χ1) is 6.97. The van der Waals surface area contributed by atoms with E-state index in [1.165, 1.54) is 13.0 Å². The van der Waals surface area contributed by atoms with Crippen molar-refractivity contribution in [1.82, 2.24) is 0 Å². The molecule has 0 aliphatic rings. The Morgan fingerprint density at radius 1 is 1.40 bits per heavy atom. The molecule has 0 aliphatic heterocycles. The number of hydrogen-bond acceptors (Lipinski definition) is 3. The Bertz CT molecular complexity index is 356. The number of hydrogen-bond donors (Lipinski definition) is 3. The molecule has 0 saturated heterocycles. The normalized spacial score (nSPS) is 13.2. The minimum atomic E-state index is -2.76. The molecular formula is C10H13F2NO2. The molecular weight excluding hydrogens is 204 g/mol. The molecule has 1 aromatic carbocycles. The third-order valence-electron chi connectivity index (χ3n) is 2.21. The number of benzene rings is 1. The van der Waals surface area contributed by atoms with Crippen LogP contribution in [0.4, 0.5) is 8.78 Å². The van der Waals surface area contributed by atoms with Crippen LogP contribution in [0.2, 0.25) is 0 Å². The minimum absolute atomic E-state index is 0.326. The maximum Gasteiger partial charge on any atom is 0.267 e. The molecule has 4 N–H and O–H groups in total. The molecule has 1 atom stereocenters. The molecule has 0 heterocycles. The first kappa shape index (κ1) is 11.9. The third-order valence-corrected chi connectivity index (χ3v) is 2.21. The molecule has 1 rings (SSSR count). The van der Waals surface area contributed by atoms with E-state index in [1.807, 2.05) is 0 Å². The van der Waals surface area contributed by atoms with Gasteiger partial charge < -0.3 is 15.9 Å². The largest absolute Gasteiger partial charge is 0.507 e. The number of nitrogens with two attached hydrogens (primary N) is 1. The van der Waals surface area contributed by atoms with Crippen LogP contribution >= 0.6 is 0 Å². The van der Waals surface area contributed by atoms with Gasteiger partial charge in [-0.25, -0.2) is 8.78 Å². The molecule has 15 heavy (non-hydrogen) atoms. The average molecular weight is 217 g/mol. The SMILES string of the molecule is Cc1cc(C(N)CO)cc(C(F)F)c1O. The molecule has 0 spiro atoms. The number of phenolic OH excluding ortho intramolecular Hbond substituents is 1. The van der Waals surface area contributed by atoms with E-state index in [1.54, 1.807) is 0 Å². The summed E-state index contributed by atoms with van der Waals surface area (Å²) in [5, 5.41) is 18.2. The van der Waals surface area contributed by atoms with Crippen molar-refractivity contribution in [3.05, 3.63) is 28.8 Å². The van der Waals surface area contributed by atoms with E-state index in [2.05, 4.69) is 0 Å². The topological polar surface area (TPSA) is 66.5 Å². The van der Waals surface area contributed by atoms with Gasteiger partial charge in [0.05, 0.1) is 18.2 Å². The van der Waals surface area contributed by atoms with Crippen molar-refractivity contribution in [2.75, 3.05) is 6.61 Å². The fraction of sp³-hybridized carbons (Fsp3) is 0.400. The van der Waals surface area contributed by atoms with Gasteiger partial charge in [-0.15, -0.1) is 0 Å². The van der Waals surface area contributed by atoms with Gasteiger partial charge in [0.1, 0.15) is 5.75 Å². The lowest BCUT2D eigenvalue weighted by Gasteiger charge is -2.13. The molecule has 0 aromatic heterocycles. The molecule has 5 heteroatoms. The molecule has 0 saturated carbocycles. The van der Waals surface area contributed by atoms with Crippen LogP contribution in [0.1, 0.15) is 29.2 Å². The molecule has 1 unspecified atom stereocenters. The summed E-state index contributed by atoms with van der Waals surface area (Å²) in [6.07, 6.45) is -2.76. The van der Waals surface area contributed by atoms with Gasteiger partial charge in [0.25, 0.3) is 6.43 Å². The van der Waals surface area contributed by atoms with Crippen LogP contribution in [0.5, 0.6) is 5.75 Å². The summed E-state index contributed by atoms with van der Waals surface area (Å²) in [5.74, 6) is -0.418. The lowest BCUT2D eigenvalue weighted by molar-refractivity contribution is 0.147. The third kappa shape index (κ3) is 2.43. The average Bonchev–Trinajstić information content (AvgIpc) is 2.20. The number of alkyl halides is 2. The number of aryl methyl sites for hydroxylation is 1. The van der Waals surface area contributed by atoms with E-state index in [0.717, 1.165) is 6.07 Å². The van der Waals surface area contributed by atoms with Gasteiger partial charge in [-0.3, -0.25) is 0 Å². The molecule has 0 bridgehead atoms. The first-order valence-corrected chi connectivity index (χ1v) is 4.45. The van der Waals surface area contributed by atoms with Gasteiger partial charge in [-0.2, -0.15) is 0 Å². The van der Waals surface area contributed by atoms with Crippen molar-refractivity contribution in [3.8, 4) is 5.75 Å². The van der Waals surface area contributed by atoms with E-state index >= 15 is 0 Å². The van der Waals surface area contributed by atoms with E-state index < -0.39 is 23.8 Å². The standard InChI is InChI=1S/C10H13F2NO2/c1-5-2-6(8(13)4-14)3-7(9(5)15)10(11)12/h2-3,8,10,14-15H,4,13H2,1H3. The van der Waals surface area contributed by atoms with Crippen LogP contribution in [0.3, 0.4) is 0 Å². The number of phenols is 1. The highest BCUT2D eigenvalue weighted by molar-refractivity contribution is 5.44. The van der Waals surface area contributed by atoms with Crippen LogP contribution in [-0.2, 0) is 0 Å². The highest BCUT2D eigenvalue weighted by Crippen LogP contribution is 2.33. The Hall–Kier alpha value is -1.20. The summed E-state index contributed by atoms with van der Waals surface area (Å²) in [6.45, 7) is 1.18. The molecule has 0 radical (unpaired) electrons. The zero-order valence-corrected chi connectivity index (χ0v) is 8.24. The number of halogens is 2. The van der Waals surface area contributed by atoms with Crippen molar-refractivity contribution < 1.29 is 19.0 Å². The van der Waals surface area contributed by atoms with Crippen LogP contribution < -0.4 is 5.73 Å². The van der Waals surface area contributed by atoms with Gasteiger partial charge in [0.2, 0.25) is 0 Å². The van der Waals surface area contributed by atoms with Gasteiger partial charge >= 0.3 is 0 Å². The number of aliphatic hydroxyl groups is 1. The molecule has 84 valence electrons. The zero-order chi connectivity index (χ0) is 11.6. The number of rotatable bonds is 3. The van der Waals surface area contributed by atoms with Gasteiger partial charge in [-0.1, -0.05) is 6.07 Å². The van der Waals surface area contributed by atoms with E-state index in [4.69, 9.17) is 10.8 Å². The number of aliphatic hydroxyl groups excluding tert-OH is 1. The second-order valence-electron chi connectivity index (χ2n) is 3.37. The quantitative estimate of drug-likeness (QED) is 0.720. The fourth-order valence-corrected chi connectivity index (χ4v) is 1.32. The van der Waals surface area contributed by atoms with Crippen LogP contribution in [0.25, 0.3) is 0 Å². The van der Waals surface area contributed by atoms with Crippen molar-refractivity contribution in [1.29, 1.82) is 0 Å². The Balaban J connectivity index is 3.23. The smallest absolute Gasteiger partial charge is 0.267 e. The Labute approximate surface area is 86.2 Å². The predicted octanol–water partition coefficient (Wildman–Crippen LogP) is 1.63. The monoisotopic (exact) mass is 217 g/mol. The van der Waals surface area contributed by atoms with Gasteiger partial charge in [0, 0.05) is 0 Å². The van der Waals surface area contributed by atoms with Crippen molar-refractivity contribution in [2.24, 2.45) is 5.73 Å². The Morgan fingerprint density at radius 2 is 2.00 bits per heavy atom. The predicted molar refractivity (Wildman–Crippen MR) is 51.8 cm³/mol. The highest BCUT2D eigenvalue weighted by Gasteiger charge is 2.17. The maximum absolute atomic E-state index is 12.5. The lowest BCUT2D eigenvalue weighted by atomic mass is 10.0. The first-order valence-electron chi connectivity index (χ1n) is 4.45. The molecule has 3 nitrogen and oxygen atoms in total. The maximum atomic E-state index is 12.5. The second kappa shape index (κ2) is 4.55. The zero-order valence-electron chi connectivity index (χ0n) is 8.24. The van der Waals surface area contributed by atoms with E-state index in [0.29, 0.717) is 11.1 Å². The van der Waals surface area contributed by atoms with E-state index in [9.17, 15) is 13.9 Å². The van der Waals surface area contributed by atoms with Crippen LogP contribution in [-0.4, -0.2) is 16.8 Å². The van der Waals surface area contributed by atoms with Gasteiger partial charge in [-0.05, 0) is 24.1 Å². The Kier molecular flexibility index (Phi) is 3.60. The minimum Gasteiger partial charge on any atom is -0.507 e. The highest BCUT2D eigenvalue weighted by atomic mass is 19.3. The Morgan fingerprint density at radius 3 is 2.47 bits per heavy atom. The van der Waals surface area contributed by atoms with Crippen LogP contribution in [0, 0.1) is 6.92 Å².